The molecule has 12 nitrogen and oxygen atoms in total. The minimum atomic E-state index is -3.85. The summed E-state index contributed by atoms with van der Waals surface area (Å²) in [5, 5.41) is 15.8. The number of sulfonamides is 1. The van der Waals surface area contributed by atoms with Gasteiger partial charge in [-0.05, 0) is 87.7 Å². The molecule has 3 aromatic carbocycles. The van der Waals surface area contributed by atoms with Gasteiger partial charge >= 0.3 is 6.03 Å². The van der Waals surface area contributed by atoms with Gasteiger partial charge in [-0.15, -0.1) is 0 Å². The van der Waals surface area contributed by atoms with Crippen molar-refractivity contribution in [1.82, 2.24) is 9.21 Å². The lowest BCUT2D eigenvalue weighted by Crippen LogP contribution is -2.48. The summed E-state index contributed by atoms with van der Waals surface area (Å²) in [6.45, 7) is 5.87. The van der Waals surface area contributed by atoms with Crippen molar-refractivity contribution in [2.75, 3.05) is 51.1 Å². The molecule has 0 fully saturated rings. The van der Waals surface area contributed by atoms with Gasteiger partial charge in [-0.25, -0.2) is 13.2 Å². The Hall–Kier alpha value is -4.17. The molecule has 1 heterocycles. The van der Waals surface area contributed by atoms with Crippen molar-refractivity contribution in [2.24, 2.45) is 5.92 Å². The Balaban J connectivity index is 1.62. The van der Waals surface area contributed by atoms with Crippen LogP contribution in [0.5, 0.6) is 11.5 Å². The maximum absolute atomic E-state index is 14.4. The molecule has 3 amide bonds. The van der Waals surface area contributed by atoms with Gasteiger partial charge in [-0.3, -0.25) is 4.79 Å². The number of aliphatic hydroxyl groups excluding tert-OH is 1. The highest BCUT2D eigenvalue weighted by molar-refractivity contribution is 7.89. The lowest BCUT2D eigenvalue weighted by molar-refractivity contribution is -0.00834. The highest BCUT2D eigenvalue weighted by Crippen LogP contribution is 2.29. The number of rotatable bonds is 9. The van der Waals surface area contributed by atoms with Crippen molar-refractivity contribution < 1.29 is 37.3 Å². The first-order valence-electron chi connectivity index (χ1n) is 16.5. The lowest BCUT2D eigenvalue weighted by atomic mass is 10.0. The number of hydrogen-bond acceptors (Lipinski definition) is 8. The first-order chi connectivity index (χ1) is 23.4. The first kappa shape index (κ1) is 37.6. The minimum absolute atomic E-state index is 0.0474. The van der Waals surface area contributed by atoms with Gasteiger partial charge < -0.3 is 34.9 Å². The van der Waals surface area contributed by atoms with E-state index in [1.165, 1.54) is 30.6 Å². The number of hydrogen-bond donors (Lipinski definition) is 3. The number of methoxy groups -OCH3 is 1. The van der Waals surface area contributed by atoms with Crippen molar-refractivity contribution in [2.45, 2.75) is 63.2 Å². The van der Waals surface area contributed by atoms with Crippen LogP contribution >= 0.6 is 0 Å². The summed E-state index contributed by atoms with van der Waals surface area (Å²) < 4.78 is 46.1. The van der Waals surface area contributed by atoms with Crippen LogP contribution in [0.3, 0.4) is 0 Å². The third kappa shape index (κ3) is 10.2. The van der Waals surface area contributed by atoms with Crippen LogP contribution in [0.15, 0.2) is 77.7 Å². The quantitative estimate of drug-likeness (QED) is 0.268. The second-order valence-corrected chi connectivity index (χ2v) is 14.5. The van der Waals surface area contributed by atoms with Crippen molar-refractivity contribution in [3.05, 3.63) is 78.4 Å². The van der Waals surface area contributed by atoms with Gasteiger partial charge in [0.2, 0.25) is 10.0 Å². The summed E-state index contributed by atoms with van der Waals surface area (Å²) in [5.41, 5.74) is 1.22. The number of urea groups is 1. The van der Waals surface area contributed by atoms with E-state index in [9.17, 15) is 23.1 Å². The number of likely N-dealkylation sites (N-methyl/N-ethyl adjacent to an activating group) is 1. The van der Waals surface area contributed by atoms with Crippen LogP contribution in [-0.4, -0.2) is 93.4 Å². The number of nitrogens with one attached hydrogen (secondary N) is 2. The number of benzene rings is 3. The lowest BCUT2D eigenvalue weighted by Gasteiger charge is -2.35. The Morgan fingerprint density at radius 1 is 1.04 bits per heavy atom. The van der Waals surface area contributed by atoms with Crippen molar-refractivity contribution in [1.29, 1.82) is 0 Å². The smallest absolute Gasteiger partial charge is 0.323 e. The average molecular weight is 697 g/mol. The largest absolute Gasteiger partial charge is 0.497 e. The molecule has 0 saturated heterocycles. The summed E-state index contributed by atoms with van der Waals surface area (Å²) in [6.07, 6.45) is 1.42. The van der Waals surface area contributed by atoms with Gasteiger partial charge in [0.25, 0.3) is 5.91 Å². The minimum Gasteiger partial charge on any atom is -0.497 e. The summed E-state index contributed by atoms with van der Waals surface area (Å²) in [6, 6.07) is 19.1. The number of amides is 3. The molecule has 266 valence electrons. The van der Waals surface area contributed by atoms with E-state index in [4.69, 9.17) is 14.2 Å². The molecular formula is C36H48N4O8S. The van der Waals surface area contributed by atoms with Crippen molar-refractivity contribution >= 4 is 33.3 Å². The number of para-hydroxylation sites is 1. The van der Waals surface area contributed by atoms with Gasteiger partial charge in [0.05, 0.1) is 42.4 Å². The van der Waals surface area contributed by atoms with Crippen LogP contribution in [0.2, 0.25) is 0 Å². The normalized spacial score (nSPS) is 20.0. The monoisotopic (exact) mass is 696 g/mol. The van der Waals surface area contributed by atoms with Crippen LogP contribution in [0, 0.1) is 5.92 Å². The number of anilines is 2. The topological polar surface area (TPSA) is 147 Å². The van der Waals surface area contributed by atoms with Crippen molar-refractivity contribution in [3.63, 3.8) is 0 Å². The molecule has 0 spiro atoms. The molecular weight excluding hydrogens is 648 g/mol. The molecule has 0 radical (unpaired) electrons. The van der Waals surface area contributed by atoms with Crippen LogP contribution in [0.25, 0.3) is 0 Å². The fourth-order valence-corrected chi connectivity index (χ4v) is 6.74. The van der Waals surface area contributed by atoms with Gasteiger partial charge in [-0.1, -0.05) is 25.1 Å². The Kier molecular flexibility index (Phi) is 13.4. The van der Waals surface area contributed by atoms with Gasteiger partial charge in [0.15, 0.2) is 0 Å². The standard InChI is InChI=1S/C36H48N4O8S/c1-25-22-40(26(2)24-41)35(42)32-21-29(38-36(43)37-28-12-7-6-8-13-28)14-19-33(32)48-27(3)11-9-10-20-47-34(25)23-39(4)49(44,45)31-17-15-30(46-5)16-18-31/h6-8,12-19,21,25-27,34,41H,9-11,20,22-24H2,1-5H3,(H2,37,38,43)/t25-,26-,27-,34-/m0/s1. The molecule has 13 heteroatoms. The Morgan fingerprint density at radius 3 is 2.41 bits per heavy atom. The van der Waals surface area contributed by atoms with E-state index in [0.717, 1.165) is 12.8 Å². The molecule has 0 aromatic heterocycles. The number of ether oxygens (including phenoxy) is 3. The highest BCUT2D eigenvalue weighted by atomic mass is 32.2. The van der Waals surface area contributed by atoms with Crippen LogP contribution in [-0.2, 0) is 14.8 Å². The molecule has 1 aliphatic heterocycles. The first-order valence-corrected chi connectivity index (χ1v) is 17.9. The van der Waals surface area contributed by atoms with E-state index in [0.29, 0.717) is 35.9 Å². The summed E-state index contributed by atoms with van der Waals surface area (Å²) in [7, 11) is -0.827. The Labute approximate surface area is 289 Å². The molecule has 3 aromatic rings. The molecule has 0 unspecified atom stereocenters. The van der Waals surface area contributed by atoms with E-state index in [1.807, 2.05) is 32.0 Å². The molecule has 0 aliphatic carbocycles. The zero-order valence-corrected chi connectivity index (χ0v) is 29.6. The summed E-state index contributed by atoms with van der Waals surface area (Å²) in [4.78, 5) is 28.8. The Morgan fingerprint density at radius 2 is 1.73 bits per heavy atom. The second kappa shape index (κ2) is 17.5. The molecule has 4 atom stereocenters. The number of carbonyl (C=O) groups is 2. The predicted octanol–water partition coefficient (Wildman–Crippen LogP) is 5.46. The fraction of sp³-hybridized carbons (Fsp3) is 0.444. The average Bonchev–Trinajstić information content (AvgIpc) is 3.09. The van der Waals surface area contributed by atoms with E-state index < -0.39 is 34.1 Å². The molecule has 4 rings (SSSR count). The van der Waals surface area contributed by atoms with Crippen LogP contribution in [0.4, 0.5) is 16.2 Å². The number of fused-ring (bicyclic) bond motifs is 1. The van der Waals surface area contributed by atoms with Gasteiger partial charge in [-0.2, -0.15) is 4.31 Å². The van der Waals surface area contributed by atoms with E-state index in [2.05, 4.69) is 10.6 Å². The highest BCUT2D eigenvalue weighted by Gasteiger charge is 2.32. The fourth-order valence-electron chi connectivity index (χ4n) is 5.56. The number of carbonyl (C=O) groups excluding carboxylic acids is 2. The van der Waals surface area contributed by atoms with Gasteiger partial charge in [0.1, 0.15) is 11.5 Å². The van der Waals surface area contributed by atoms with Gasteiger partial charge in [0, 0.05) is 44.0 Å². The maximum Gasteiger partial charge on any atom is 0.323 e. The zero-order valence-electron chi connectivity index (χ0n) is 28.8. The molecule has 3 N–H and O–H groups in total. The van der Waals surface area contributed by atoms with Crippen LogP contribution in [0.1, 0.15) is 50.4 Å². The molecule has 0 saturated carbocycles. The zero-order chi connectivity index (χ0) is 35.6. The third-order valence-electron chi connectivity index (χ3n) is 8.55. The molecule has 1 aliphatic rings. The Bertz CT molecular complexity index is 1640. The number of nitrogens with zero attached hydrogens (tertiary/aromatic N) is 2. The molecule has 0 bridgehead atoms. The van der Waals surface area contributed by atoms with Crippen LogP contribution < -0.4 is 20.1 Å². The van der Waals surface area contributed by atoms with Crippen molar-refractivity contribution in [3.8, 4) is 11.5 Å². The second-order valence-electron chi connectivity index (χ2n) is 12.4. The maximum atomic E-state index is 14.4. The third-order valence-corrected chi connectivity index (χ3v) is 10.4. The SMILES string of the molecule is COc1ccc(S(=O)(=O)N(C)C[C@@H]2OCCCC[C@H](C)Oc3ccc(NC(=O)Nc4ccccc4)cc3C(=O)N([C@@H](C)CO)C[C@@H]2C)cc1. The predicted molar refractivity (Wildman–Crippen MR) is 189 cm³/mol. The molecule has 49 heavy (non-hydrogen) atoms. The van der Waals surface area contributed by atoms with E-state index in [-0.39, 0.29) is 42.2 Å². The summed E-state index contributed by atoms with van der Waals surface area (Å²) in [5.74, 6) is 0.171. The van der Waals surface area contributed by atoms with E-state index >= 15 is 0 Å². The van der Waals surface area contributed by atoms with E-state index in [1.54, 1.807) is 54.3 Å². The number of aliphatic hydroxyl groups is 1. The summed E-state index contributed by atoms with van der Waals surface area (Å²) >= 11 is 0.